The summed E-state index contributed by atoms with van der Waals surface area (Å²) in [5.74, 6) is -0.764. The van der Waals surface area contributed by atoms with Gasteiger partial charge < -0.3 is 10.2 Å². The smallest absolute Gasteiger partial charge is 0.264 e. The summed E-state index contributed by atoms with van der Waals surface area (Å²) in [6.45, 7) is 7.04. The van der Waals surface area contributed by atoms with Crippen LogP contribution in [-0.2, 0) is 26.0 Å². The summed E-state index contributed by atoms with van der Waals surface area (Å²) in [7, 11) is -4.08. The van der Waals surface area contributed by atoms with Gasteiger partial charge in [0.05, 0.1) is 10.6 Å². The first-order chi connectivity index (χ1) is 18.0. The molecule has 0 aliphatic heterocycles. The van der Waals surface area contributed by atoms with E-state index in [9.17, 15) is 18.0 Å². The fourth-order valence-electron chi connectivity index (χ4n) is 3.97. The Morgan fingerprint density at radius 2 is 1.58 bits per heavy atom. The summed E-state index contributed by atoms with van der Waals surface area (Å²) < 4.78 is 29.4. The molecule has 0 saturated heterocycles. The second kappa shape index (κ2) is 13.1. The Balaban J connectivity index is 1.98. The average molecular weight is 601 g/mol. The highest BCUT2D eigenvalue weighted by Gasteiger charge is 2.32. The maximum Gasteiger partial charge on any atom is 0.264 e. The molecule has 2 amide bonds. The van der Waals surface area contributed by atoms with Gasteiger partial charge in [-0.2, -0.15) is 0 Å². The number of carbonyl (C=O) groups excluding carboxylic acids is 2. The molecule has 202 valence electrons. The van der Waals surface area contributed by atoms with Crippen molar-refractivity contribution in [3.63, 3.8) is 0 Å². The molecule has 0 aliphatic carbocycles. The van der Waals surface area contributed by atoms with Gasteiger partial charge in [-0.25, -0.2) is 8.42 Å². The van der Waals surface area contributed by atoms with E-state index in [0.717, 1.165) is 15.4 Å². The molecular weight excluding hydrogens is 566 g/mol. The quantitative estimate of drug-likeness (QED) is 0.338. The van der Waals surface area contributed by atoms with Gasteiger partial charge in [-0.15, -0.1) is 0 Å². The van der Waals surface area contributed by atoms with Crippen LogP contribution in [0.15, 0.2) is 88.2 Å². The molecule has 9 heteroatoms. The molecule has 0 spiro atoms. The van der Waals surface area contributed by atoms with Gasteiger partial charge in [-0.3, -0.25) is 13.9 Å². The maximum atomic E-state index is 13.8. The summed E-state index contributed by atoms with van der Waals surface area (Å²) in [5, 5.41) is 2.86. The molecule has 0 bridgehead atoms. The molecule has 38 heavy (non-hydrogen) atoms. The highest BCUT2D eigenvalue weighted by atomic mass is 79.9. The lowest BCUT2D eigenvalue weighted by Crippen LogP contribution is -2.53. The second-order valence-corrected chi connectivity index (χ2v) is 12.2. The van der Waals surface area contributed by atoms with Crippen LogP contribution in [-0.4, -0.2) is 50.3 Å². The fourth-order valence-corrected chi connectivity index (χ4v) is 5.77. The Hall–Kier alpha value is -3.17. The van der Waals surface area contributed by atoms with Crippen molar-refractivity contribution >= 4 is 43.5 Å². The SMILES string of the molecule is Cc1ccc(S(=O)(=O)N(CC(=O)N(CCc2ccccc2)[C@H](C)C(=O)NC(C)C)c2cccc(Br)c2)cc1. The molecule has 0 saturated carbocycles. The summed E-state index contributed by atoms with van der Waals surface area (Å²) >= 11 is 3.40. The molecule has 0 unspecified atom stereocenters. The van der Waals surface area contributed by atoms with Crippen LogP contribution in [0.5, 0.6) is 0 Å². The van der Waals surface area contributed by atoms with Crippen molar-refractivity contribution in [2.24, 2.45) is 0 Å². The van der Waals surface area contributed by atoms with Crippen LogP contribution in [0.25, 0.3) is 0 Å². The number of nitrogens with one attached hydrogen (secondary N) is 1. The molecule has 7 nitrogen and oxygen atoms in total. The molecule has 0 aliphatic rings. The molecule has 0 aromatic heterocycles. The molecule has 0 fully saturated rings. The van der Waals surface area contributed by atoms with Crippen molar-refractivity contribution < 1.29 is 18.0 Å². The number of anilines is 1. The minimum Gasteiger partial charge on any atom is -0.352 e. The number of benzene rings is 3. The van der Waals surface area contributed by atoms with Crippen molar-refractivity contribution in [3.05, 3.63) is 94.5 Å². The molecule has 0 heterocycles. The summed E-state index contributed by atoms with van der Waals surface area (Å²) in [6, 6.07) is 22.1. The third-order valence-corrected chi connectivity index (χ3v) is 8.35. The monoisotopic (exact) mass is 599 g/mol. The number of hydrogen-bond donors (Lipinski definition) is 1. The molecule has 3 aromatic rings. The van der Waals surface area contributed by atoms with E-state index >= 15 is 0 Å². The second-order valence-electron chi connectivity index (χ2n) is 9.47. The molecule has 0 radical (unpaired) electrons. The number of amides is 2. The lowest BCUT2D eigenvalue weighted by molar-refractivity contribution is -0.139. The van der Waals surface area contributed by atoms with Gasteiger partial charge in [-0.05, 0) is 70.0 Å². The summed E-state index contributed by atoms with van der Waals surface area (Å²) in [5.41, 5.74) is 2.28. The lowest BCUT2D eigenvalue weighted by atomic mass is 10.1. The Kier molecular flexibility index (Phi) is 10.1. The van der Waals surface area contributed by atoms with Gasteiger partial charge >= 0.3 is 0 Å². The number of aryl methyl sites for hydroxylation is 1. The number of nitrogens with zero attached hydrogens (tertiary/aromatic N) is 2. The first-order valence-corrected chi connectivity index (χ1v) is 14.7. The largest absolute Gasteiger partial charge is 0.352 e. The average Bonchev–Trinajstić information content (AvgIpc) is 2.87. The Morgan fingerprint density at radius 1 is 0.921 bits per heavy atom. The third-order valence-electron chi connectivity index (χ3n) is 6.07. The van der Waals surface area contributed by atoms with E-state index in [1.165, 1.54) is 17.0 Å². The van der Waals surface area contributed by atoms with Gasteiger partial charge in [0.2, 0.25) is 11.8 Å². The van der Waals surface area contributed by atoms with E-state index in [2.05, 4.69) is 21.2 Å². The zero-order chi connectivity index (χ0) is 27.9. The number of halogens is 1. The van der Waals surface area contributed by atoms with Crippen molar-refractivity contribution in [1.29, 1.82) is 0 Å². The summed E-state index contributed by atoms with van der Waals surface area (Å²) in [6.07, 6.45) is 0.521. The third kappa shape index (κ3) is 7.68. The van der Waals surface area contributed by atoms with Crippen molar-refractivity contribution in [2.75, 3.05) is 17.4 Å². The predicted octanol–water partition coefficient (Wildman–Crippen LogP) is 4.94. The van der Waals surface area contributed by atoms with Gasteiger partial charge in [0.1, 0.15) is 12.6 Å². The van der Waals surface area contributed by atoms with Crippen molar-refractivity contribution in [3.8, 4) is 0 Å². The Bertz CT molecular complexity index is 1350. The molecular formula is C29H34BrN3O4S. The fraction of sp³-hybridized carbons (Fsp3) is 0.310. The minimum absolute atomic E-state index is 0.0808. The molecule has 1 atom stereocenters. The Morgan fingerprint density at radius 3 is 2.18 bits per heavy atom. The number of rotatable bonds is 11. The number of carbonyl (C=O) groups is 2. The van der Waals surface area contributed by atoms with Crippen LogP contribution in [0, 0.1) is 6.92 Å². The topological polar surface area (TPSA) is 86.8 Å². The molecule has 1 N–H and O–H groups in total. The van der Waals surface area contributed by atoms with E-state index in [-0.39, 0.29) is 23.4 Å². The maximum absolute atomic E-state index is 13.8. The normalized spacial score (nSPS) is 12.2. The van der Waals surface area contributed by atoms with Gasteiger partial charge in [-0.1, -0.05) is 70.0 Å². The van der Waals surface area contributed by atoms with Crippen LogP contribution < -0.4 is 9.62 Å². The standard InChI is InChI=1S/C29H34BrN3O4S/c1-21(2)31-29(35)23(4)32(18-17-24-9-6-5-7-10-24)28(34)20-33(26-12-8-11-25(30)19-26)38(36,37)27-15-13-22(3)14-16-27/h5-16,19,21,23H,17-18,20H2,1-4H3,(H,31,35)/t23-/m1/s1. The first-order valence-electron chi connectivity index (χ1n) is 12.5. The van der Waals surface area contributed by atoms with Crippen LogP contribution >= 0.6 is 15.9 Å². The van der Waals surface area contributed by atoms with Gasteiger partial charge in [0.25, 0.3) is 10.0 Å². The van der Waals surface area contributed by atoms with Gasteiger partial charge in [0.15, 0.2) is 0 Å². The molecule has 3 rings (SSSR count). The van der Waals surface area contributed by atoms with E-state index in [4.69, 9.17) is 0 Å². The van der Waals surface area contributed by atoms with E-state index in [1.54, 1.807) is 43.3 Å². The van der Waals surface area contributed by atoms with Crippen molar-refractivity contribution in [1.82, 2.24) is 10.2 Å². The van der Waals surface area contributed by atoms with Crippen molar-refractivity contribution in [2.45, 2.75) is 51.1 Å². The number of sulfonamides is 1. The van der Waals surface area contributed by atoms with Crippen LogP contribution in [0.1, 0.15) is 31.9 Å². The summed E-state index contributed by atoms with van der Waals surface area (Å²) in [4.78, 5) is 28.3. The number of hydrogen-bond acceptors (Lipinski definition) is 4. The Labute approximate surface area is 234 Å². The molecule has 3 aromatic carbocycles. The van der Waals surface area contributed by atoms with Crippen LogP contribution in [0.2, 0.25) is 0 Å². The zero-order valence-corrected chi connectivity index (χ0v) is 24.5. The van der Waals surface area contributed by atoms with Gasteiger partial charge in [0, 0.05) is 17.1 Å². The van der Waals surface area contributed by atoms with Crippen LogP contribution in [0.3, 0.4) is 0 Å². The van der Waals surface area contributed by atoms with E-state index in [1.807, 2.05) is 51.1 Å². The zero-order valence-electron chi connectivity index (χ0n) is 22.1. The van der Waals surface area contributed by atoms with E-state index in [0.29, 0.717) is 16.6 Å². The first kappa shape index (κ1) is 29.4. The highest BCUT2D eigenvalue weighted by molar-refractivity contribution is 9.10. The lowest BCUT2D eigenvalue weighted by Gasteiger charge is -2.32. The highest BCUT2D eigenvalue weighted by Crippen LogP contribution is 2.27. The van der Waals surface area contributed by atoms with E-state index < -0.39 is 28.5 Å². The minimum atomic E-state index is -4.08. The van der Waals surface area contributed by atoms with Crippen LogP contribution in [0.4, 0.5) is 5.69 Å². The predicted molar refractivity (Wildman–Crippen MR) is 154 cm³/mol.